The number of hydrogen-bond acceptors (Lipinski definition) is 4. The molecule has 9 rings (SSSR count). The molecule has 206 valence electrons. The van der Waals surface area contributed by atoms with Crippen LogP contribution in [0.25, 0.3) is 78.2 Å². The van der Waals surface area contributed by atoms with Crippen LogP contribution in [0.15, 0.2) is 145 Å². The highest BCUT2D eigenvalue weighted by molar-refractivity contribution is 6.09. The molecule has 0 unspecified atom stereocenters. The van der Waals surface area contributed by atoms with E-state index in [4.69, 9.17) is 20.6 Å². The van der Waals surface area contributed by atoms with Gasteiger partial charge in [0.1, 0.15) is 0 Å². The third-order valence-electron chi connectivity index (χ3n) is 7.12. The summed E-state index contributed by atoms with van der Waals surface area (Å²) in [5.41, 5.74) is -0.645. The molecule has 5 aromatic carbocycles. The van der Waals surface area contributed by atoms with E-state index in [1.807, 2.05) is 0 Å². The Morgan fingerprint density at radius 2 is 1.16 bits per heavy atom. The number of pyridine rings is 1. The van der Waals surface area contributed by atoms with Crippen LogP contribution in [0.2, 0.25) is 0 Å². The standard InChI is InChI=1S/C38H24N6/c1-2-13-25(14-3-1)36-40-37(42-38(41-36)44-30-19-8-4-15-26(30)27-16-5-9-20-31(27)44)29-18-7-11-22-33(29)43-32-21-10-6-17-28(32)35-34(43)23-12-24-39-35/h1-24H/i1D,2D,3D,4D,5D,7D,8D,9D,11D,13D,14D,15D,16D,18D,19D,20D,22D. The van der Waals surface area contributed by atoms with Gasteiger partial charge in [0.05, 0.1) is 56.6 Å². The molecule has 0 saturated heterocycles. The van der Waals surface area contributed by atoms with Crippen LogP contribution in [0, 0.1) is 0 Å². The summed E-state index contributed by atoms with van der Waals surface area (Å²) in [5.74, 6) is -1.86. The SMILES string of the molecule is [2H]c1c([2H])c([2H])c(-c2nc(-c3c([2H])c([2H])c([2H])c([2H])c3-n3c4ccccc4c4ncccc43)nc(-n3c4c([2H])c([2H])c([2H])c([2H])c4c4c([2H])c([2H])c([2H])c([2H])c43)n2)c([2H])c1[2H]. The van der Waals surface area contributed by atoms with Gasteiger partial charge in [-0.2, -0.15) is 9.97 Å². The third kappa shape index (κ3) is 3.68. The summed E-state index contributed by atoms with van der Waals surface area (Å²) >= 11 is 0. The number of rotatable bonds is 4. The highest BCUT2D eigenvalue weighted by Crippen LogP contribution is 2.36. The van der Waals surface area contributed by atoms with Gasteiger partial charge in [0, 0.05) is 33.5 Å². The van der Waals surface area contributed by atoms with Crippen molar-refractivity contribution in [1.82, 2.24) is 29.1 Å². The van der Waals surface area contributed by atoms with Gasteiger partial charge in [0.15, 0.2) is 11.6 Å². The number of nitrogens with zero attached hydrogens (tertiary/aromatic N) is 6. The second-order valence-electron chi connectivity index (χ2n) is 9.51. The van der Waals surface area contributed by atoms with Crippen molar-refractivity contribution in [3.63, 3.8) is 0 Å². The lowest BCUT2D eigenvalue weighted by Gasteiger charge is -2.15. The van der Waals surface area contributed by atoms with E-state index in [1.165, 1.54) is 4.57 Å². The van der Waals surface area contributed by atoms with Crippen LogP contribution in [0.1, 0.15) is 23.3 Å². The molecular formula is C38H24N6. The van der Waals surface area contributed by atoms with Crippen LogP contribution in [0.4, 0.5) is 0 Å². The molecule has 0 N–H and O–H groups in total. The molecule has 0 radical (unpaired) electrons. The summed E-state index contributed by atoms with van der Waals surface area (Å²) in [6.45, 7) is 0. The zero-order valence-electron chi connectivity index (χ0n) is 39.2. The van der Waals surface area contributed by atoms with E-state index in [1.54, 1.807) is 42.6 Å². The lowest BCUT2D eigenvalue weighted by molar-refractivity contribution is 0.951. The fraction of sp³-hybridized carbons (Fsp3) is 0. The molecule has 0 aliphatic rings. The molecule has 0 atom stereocenters. The largest absolute Gasteiger partial charge is 0.307 e. The number of benzene rings is 5. The highest BCUT2D eigenvalue weighted by atomic mass is 15.2. The van der Waals surface area contributed by atoms with E-state index < -0.39 is 137 Å². The zero-order chi connectivity index (χ0) is 43.8. The van der Waals surface area contributed by atoms with Gasteiger partial charge in [-0.05, 0) is 42.4 Å². The Hall–Kier alpha value is -6.14. The number of fused-ring (bicyclic) bond motifs is 6. The zero-order valence-corrected chi connectivity index (χ0v) is 22.2. The van der Waals surface area contributed by atoms with Gasteiger partial charge in [0.25, 0.3) is 0 Å². The highest BCUT2D eigenvalue weighted by Gasteiger charge is 2.21. The minimum absolute atomic E-state index is 0.194. The van der Waals surface area contributed by atoms with Crippen molar-refractivity contribution in [1.29, 1.82) is 0 Å². The van der Waals surface area contributed by atoms with Gasteiger partial charge < -0.3 is 4.57 Å². The molecule has 4 heterocycles. The lowest BCUT2D eigenvalue weighted by atomic mass is 10.1. The maximum absolute atomic E-state index is 9.33. The summed E-state index contributed by atoms with van der Waals surface area (Å²) in [6, 6.07) is -1.88. The van der Waals surface area contributed by atoms with Crippen molar-refractivity contribution < 1.29 is 23.3 Å². The van der Waals surface area contributed by atoms with Crippen molar-refractivity contribution >= 4 is 43.7 Å². The Labute approximate surface area is 276 Å². The number of para-hydroxylation sites is 4. The van der Waals surface area contributed by atoms with Crippen LogP contribution >= 0.6 is 0 Å². The van der Waals surface area contributed by atoms with Crippen LogP contribution in [-0.2, 0) is 0 Å². The molecule has 0 fully saturated rings. The molecule has 0 spiro atoms. The van der Waals surface area contributed by atoms with E-state index >= 15 is 0 Å². The first-order valence-electron chi connectivity index (χ1n) is 21.7. The molecule has 9 aromatic rings. The maximum atomic E-state index is 9.33. The van der Waals surface area contributed by atoms with Gasteiger partial charge in [-0.1, -0.05) is 96.8 Å². The van der Waals surface area contributed by atoms with E-state index in [9.17, 15) is 2.74 Å². The molecule has 0 bridgehead atoms. The summed E-state index contributed by atoms with van der Waals surface area (Å²) in [6.07, 6.45) is 1.56. The Kier molecular flexibility index (Phi) is 2.87. The van der Waals surface area contributed by atoms with Gasteiger partial charge in [-0.3, -0.25) is 9.55 Å². The molecule has 6 nitrogen and oxygen atoms in total. The molecule has 4 aromatic heterocycles. The van der Waals surface area contributed by atoms with Crippen molar-refractivity contribution in [2.75, 3.05) is 0 Å². The smallest absolute Gasteiger partial charge is 0.238 e. The van der Waals surface area contributed by atoms with E-state index in [-0.39, 0.29) is 22.0 Å². The van der Waals surface area contributed by atoms with Crippen molar-refractivity contribution in [3.05, 3.63) is 145 Å². The Balaban J connectivity index is 1.54. The predicted molar refractivity (Wildman–Crippen MR) is 177 cm³/mol. The molecule has 0 aliphatic carbocycles. The maximum Gasteiger partial charge on any atom is 0.238 e. The van der Waals surface area contributed by atoms with Crippen LogP contribution in [-0.4, -0.2) is 29.1 Å². The molecule has 6 heteroatoms. The first kappa shape index (κ1) is 13.0. The normalized spacial score (nSPS) is 17.0. The number of aromatic nitrogens is 6. The van der Waals surface area contributed by atoms with E-state index in [2.05, 4.69) is 19.9 Å². The first-order valence-corrected chi connectivity index (χ1v) is 13.2. The quantitative estimate of drug-likeness (QED) is 0.208. The summed E-state index contributed by atoms with van der Waals surface area (Å²) < 4.78 is 151. The Morgan fingerprint density at radius 3 is 1.98 bits per heavy atom. The van der Waals surface area contributed by atoms with Crippen LogP contribution in [0.5, 0.6) is 0 Å². The van der Waals surface area contributed by atoms with Crippen LogP contribution < -0.4 is 0 Å². The van der Waals surface area contributed by atoms with Crippen molar-refractivity contribution in [3.8, 4) is 34.4 Å². The number of hydrogen-bond donors (Lipinski definition) is 0. The predicted octanol–water partition coefficient (Wildman–Crippen LogP) is 8.79. The molecule has 0 aliphatic heterocycles. The summed E-state index contributed by atoms with van der Waals surface area (Å²) in [5, 5.41) is -0.0556. The Morgan fingerprint density at radius 1 is 0.500 bits per heavy atom. The monoisotopic (exact) mass is 581 g/mol. The fourth-order valence-corrected chi connectivity index (χ4v) is 5.33. The van der Waals surface area contributed by atoms with Gasteiger partial charge in [0.2, 0.25) is 5.95 Å². The second-order valence-corrected chi connectivity index (χ2v) is 9.51. The van der Waals surface area contributed by atoms with Crippen molar-refractivity contribution in [2.24, 2.45) is 0 Å². The molecule has 0 saturated carbocycles. The molecule has 44 heavy (non-hydrogen) atoms. The van der Waals surface area contributed by atoms with E-state index in [0.29, 0.717) is 21.9 Å². The summed E-state index contributed by atoms with van der Waals surface area (Å²) in [4.78, 5) is 18.2. The first-order chi connectivity index (χ1) is 28.9. The van der Waals surface area contributed by atoms with Gasteiger partial charge in [-0.15, -0.1) is 0 Å². The average Bonchev–Trinajstić information content (AvgIpc) is 3.79. The van der Waals surface area contributed by atoms with Crippen molar-refractivity contribution in [2.45, 2.75) is 0 Å². The topological polar surface area (TPSA) is 61.4 Å². The van der Waals surface area contributed by atoms with E-state index in [0.717, 1.165) is 4.57 Å². The minimum Gasteiger partial charge on any atom is -0.307 e. The Bertz CT molecular complexity index is 3310. The molecule has 0 amide bonds. The van der Waals surface area contributed by atoms with Crippen LogP contribution in [0.3, 0.4) is 0 Å². The fourth-order valence-electron chi connectivity index (χ4n) is 5.33. The molecular weight excluding hydrogens is 540 g/mol. The van der Waals surface area contributed by atoms with Gasteiger partial charge in [-0.25, -0.2) is 4.98 Å². The average molecular weight is 582 g/mol. The minimum atomic E-state index is -0.778. The third-order valence-corrected chi connectivity index (χ3v) is 7.12. The summed E-state index contributed by atoms with van der Waals surface area (Å²) in [7, 11) is 0. The lowest BCUT2D eigenvalue weighted by Crippen LogP contribution is -2.07. The van der Waals surface area contributed by atoms with Gasteiger partial charge >= 0.3 is 0 Å². The second kappa shape index (κ2) is 9.71.